The normalized spacial score (nSPS) is 16.3. The fraction of sp³-hybridized carbons (Fsp3) is 1.00. The number of alkyl halides is 1. The van der Waals surface area contributed by atoms with Crippen LogP contribution in [0.4, 0.5) is 0 Å². The van der Waals surface area contributed by atoms with Gasteiger partial charge in [0.05, 0.1) is 5.75 Å². The maximum atomic E-state index is 11.3. The fourth-order valence-corrected chi connectivity index (χ4v) is 2.87. The fourth-order valence-electron chi connectivity index (χ4n) is 1.73. The molecule has 0 spiro atoms. The van der Waals surface area contributed by atoms with Crippen molar-refractivity contribution in [3.8, 4) is 0 Å². The zero-order chi connectivity index (χ0) is 11.9. The highest BCUT2D eigenvalue weighted by Gasteiger charge is 2.22. The third kappa shape index (κ3) is 6.41. The Balaban J connectivity index is 4.03. The van der Waals surface area contributed by atoms with Crippen molar-refractivity contribution in [2.75, 3.05) is 17.4 Å². The van der Waals surface area contributed by atoms with Crippen molar-refractivity contribution in [2.24, 2.45) is 5.41 Å². The monoisotopic (exact) mass is 254 g/mol. The van der Waals surface area contributed by atoms with Crippen molar-refractivity contribution in [2.45, 2.75) is 46.5 Å². The Morgan fingerprint density at radius 3 is 2.20 bits per heavy atom. The molecule has 2 nitrogen and oxygen atoms in total. The van der Waals surface area contributed by atoms with Gasteiger partial charge in [0.15, 0.2) is 0 Å². The molecule has 0 N–H and O–H groups in total. The zero-order valence-electron chi connectivity index (χ0n) is 10.1. The Hall–Kier alpha value is 0.240. The zero-order valence-corrected chi connectivity index (χ0v) is 11.6. The molecule has 0 saturated carbocycles. The predicted molar refractivity (Wildman–Crippen MR) is 67.3 cm³/mol. The molecule has 0 saturated heterocycles. The molecule has 92 valence electrons. The highest BCUT2D eigenvalue weighted by atomic mass is 35.5. The van der Waals surface area contributed by atoms with Crippen LogP contribution in [0.3, 0.4) is 0 Å². The molecule has 0 heterocycles. The summed E-state index contributed by atoms with van der Waals surface area (Å²) in [6.45, 7) is 5.97. The van der Waals surface area contributed by atoms with E-state index in [-0.39, 0.29) is 11.2 Å². The summed E-state index contributed by atoms with van der Waals surface area (Å²) in [5, 5.41) is 0. The van der Waals surface area contributed by atoms with Crippen LogP contribution in [0.25, 0.3) is 0 Å². The molecule has 0 aliphatic carbocycles. The van der Waals surface area contributed by atoms with Crippen LogP contribution in [0.15, 0.2) is 0 Å². The van der Waals surface area contributed by atoms with Gasteiger partial charge in [0.2, 0.25) is 0 Å². The van der Waals surface area contributed by atoms with Gasteiger partial charge in [-0.05, 0) is 24.7 Å². The molecular formula is C11H23ClO2S. The molecule has 0 fully saturated rings. The van der Waals surface area contributed by atoms with Crippen LogP contribution >= 0.6 is 11.6 Å². The van der Waals surface area contributed by atoms with Gasteiger partial charge in [0.25, 0.3) is 0 Å². The minimum Gasteiger partial charge on any atom is -0.229 e. The third-order valence-electron chi connectivity index (χ3n) is 2.85. The van der Waals surface area contributed by atoms with Gasteiger partial charge in [-0.15, -0.1) is 11.6 Å². The Morgan fingerprint density at radius 1 is 1.20 bits per heavy atom. The van der Waals surface area contributed by atoms with Crippen LogP contribution in [0.2, 0.25) is 0 Å². The van der Waals surface area contributed by atoms with Crippen LogP contribution in [0, 0.1) is 5.41 Å². The van der Waals surface area contributed by atoms with Crippen LogP contribution in [0.5, 0.6) is 0 Å². The van der Waals surface area contributed by atoms with E-state index in [9.17, 15) is 8.42 Å². The summed E-state index contributed by atoms with van der Waals surface area (Å²) in [5.41, 5.74) is 0.111. The van der Waals surface area contributed by atoms with E-state index in [2.05, 4.69) is 13.8 Å². The van der Waals surface area contributed by atoms with E-state index in [1.54, 1.807) is 6.92 Å². The molecule has 0 rings (SSSR count). The van der Waals surface area contributed by atoms with Crippen LogP contribution in [0.1, 0.15) is 46.5 Å². The van der Waals surface area contributed by atoms with Crippen molar-refractivity contribution in [3.63, 3.8) is 0 Å². The van der Waals surface area contributed by atoms with E-state index in [4.69, 9.17) is 11.6 Å². The highest BCUT2D eigenvalue weighted by molar-refractivity contribution is 7.91. The number of rotatable bonds is 8. The second-order valence-electron chi connectivity index (χ2n) is 4.53. The van der Waals surface area contributed by atoms with Gasteiger partial charge >= 0.3 is 0 Å². The number of hydrogen-bond acceptors (Lipinski definition) is 2. The summed E-state index contributed by atoms with van der Waals surface area (Å²) in [5.74, 6) is 1.17. The molecule has 15 heavy (non-hydrogen) atoms. The van der Waals surface area contributed by atoms with Gasteiger partial charge in [-0.1, -0.05) is 27.2 Å². The topological polar surface area (TPSA) is 34.1 Å². The van der Waals surface area contributed by atoms with Gasteiger partial charge < -0.3 is 0 Å². The molecule has 0 radical (unpaired) electrons. The smallest absolute Gasteiger partial charge is 0.150 e. The molecular weight excluding hydrogens is 232 g/mol. The van der Waals surface area contributed by atoms with Crippen molar-refractivity contribution in [3.05, 3.63) is 0 Å². The SMILES string of the molecule is CCCC(C)(CCl)CCCS(=O)(=O)CC. The third-order valence-corrected chi connectivity index (χ3v) is 5.29. The maximum Gasteiger partial charge on any atom is 0.150 e. The van der Waals surface area contributed by atoms with Gasteiger partial charge in [-0.3, -0.25) is 0 Å². The van der Waals surface area contributed by atoms with Crippen molar-refractivity contribution < 1.29 is 8.42 Å². The van der Waals surface area contributed by atoms with Crippen molar-refractivity contribution >= 4 is 21.4 Å². The quantitative estimate of drug-likeness (QED) is 0.623. The number of halogens is 1. The molecule has 0 aromatic rings. The standard InChI is InChI=1S/C11H23ClO2S/c1-4-7-11(3,10-12)8-6-9-15(13,14)5-2/h4-10H2,1-3H3. The van der Waals surface area contributed by atoms with E-state index in [0.717, 1.165) is 25.7 Å². The van der Waals surface area contributed by atoms with Gasteiger partial charge in [0, 0.05) is 11.6 Å². The molecule has 0 aromatic heterocycles. The second kappa shape index (κ2) is 6.74. The molecule has 0 aliphatic heterocycles. The van der Waals surface area contributed by atoms with E-state index in [1.165, 1.54) is 0 Å². The summed E-state index contributed by atoms with van der Waals surface area (Å²) in [7, 11) is -2.81. The summed E-state index contributed by atoms with van der Waals surface area (Å²) >= 11 is 5.92. The number of sulfone groups is 1. The lowest BCUT2D eigenvalue weighted by atomic mass is 9.83. The Kier molecular flexibility index (Phi) is 6.85. The first-order valence-corrected chi connectivity index (χ1v) is 8.01. The van der Waals surface area contributed by atoms with Crippen molar-refractivity contribution in [1.82, 2.24) is 0 Å². The molecule has 0 amide bonds. The summed E-state index contributed by atoms with van der Waals surface area (Å²) < 4.78 is 22.6. The van der Waals surface area contributed by atoms with E-state index in [1.807, 2.05) is 0 Å². The second-order valence-corrected chi connectivity index (χ2v) is 7.27. The van der Waals surface area contributed by atoms with E-state index in [0.29, 0.717) is 11.6 Å². The Morgan fingerprint density at radius 2 is 1.80 bits per heavy atom. The summed E-state index contributed by atoms with van der Waals surface area (Å²) in [6.07, 6.45) is 3.81. The number of hydrogen-bond donors (Lipinski definition) is 0. The lowest BCUT2D eigenvalue weighted by Gasteiger charge is -2.26. The molecule has 0 aliphatic rings. The van der Waals surface area contributed by atoms with Crippen LogP contribution < -0.4 is 0 Å². The molecule has 0 aromatic carbocycles. The van der Waals surface area contributed by atoms with E-state index >= 15 is 0 Å². The minimum absolute atomic E-state index is 0.111. The molecule has 4 heteroatoms. The van der Waals surface area contributed by atoms with Gasteiger partial charge in [-0.2, -0.15) is 0 Å². The Labute approximate surface area is 99.3 Å². The molecule has 1 atom stereocenters. The predicted octanol–water partition coefficient (Wildman–Crippen LogP) is 3.25. The lowest BCUT2D eigenvalue weighted by Crippen LogP contribution is -2.20. The summed E-state index contributed by atoms with van der Waals surface area (Å²) in [4.78, 5) is 0. The first-order valence-electron chi connectivity index (χ1n) is 5.65. The van der Waals surface area contributed by atoms with E-state index < -0.39 is 9.84 Å². The first kappa shape index (κ1) is 15.2. The first-order chi connectivity index (χ1) is 6.89. The van der Waals surface area contributed by atoms with Gasteiger partial charge in [-0.25, -0.2) is 8.42 Å². The van der Waals surface area contributed by atoms with Gasteiger partial charge in [0.1, 0.15) is 9.84 Å². The largest absolute Gasteiger partial charge is 0.229 e. The average molecular weight is 255 g/mol. The lowest BCUT2D eigenvalue weighted by molar-refractivity contribution is 0.307. The Bertz CT molecular complexity index is 262. The van der Waals surface area contributed by atoms with Crippen LogP contribution in [-0.4, -0.2) is 25.8 Å². The summed E-state index contributed by atoms with van der Waals surface area (Å²) in [6, 6.07) is 0. The average Bonchev–Trinajstić information content (AvgIpc) is 2.18. The van der Waals surface area contributed by atoms with Crippen molar-refractivity contribution in [1.29, 1.82) is 0 Å². The van der Waals surface area contributed by atoms with Crippen LogP contribution in [-0.2, 0) is 9.84 Å². The minimum atomic E-state index is -2.81. The molecule has 0 bridgehead atoms. The highest BCUT2D eigenvalue weighted by Crippen LogP contribution is 2.30. The maximum absolute atomic E-state index is 11.3. The molecule has 1 unspecified atom stereocenters.